The molecule has 1 aromatic carbocycles. The lowest BCUT2D eigenvalue weighted by Crippen LogP contribution is -2.39. The Kier molecular flexibility index (Phi) is 5.48. The molecule has 0 aliphatic rings. The highest BCUT2D eigenvalue weighted by molar-refractivity contribution is 5.99. The van der Waals surface area contributed by atoms with Gasteiger partial charge in [-0.25, -0.2) is 18.6 Å². The summed E-state index contributed by atoms with van der Waals surface area (Å²) in [7, 11) is 0. The number of benzene rings is 1. The Balaban J connectivity index is 2.04. The molecule has 0 spiro atoms. The molecule has 4 N–H and O–H groups in total. The zero-order chi connectivity index (χ0) is 18.6. The van der Waals surface area contributed by atoms with E-state index in [1.54, 1.807) is 20.8 Å². The average molecular weight is 351 g/mol. The van der Waals surface area contributed by atoms with Gasteiger partial charge in [0.2, 0.25) is 5.95 Å². The van der Waals surface area contributed by atoms with Crippen LogP contribution in [0.2, 0.25) is 0 Å². The largest absolute Gasteiger partial charge is 0.388 e. The maximum atomic E-state index is 13.5. The molecule has 0 radical (unpaired) electrons. The monoisotopic (exact) mass is 351 g/mol. The van der Waals surface area contributed by atoms with Gasteiger partial charge in [-0.3, -0.25) is 5.32 Å². The first-order valence-electron chi connectivity index (χ1n) is 7.51. The second-order valence-corrected chi connectivity index (χ2v) is 5.97. The van der Waals surface area contributed by atoms with Crippen LogP contribution in [0, 0.1) is 11.6 Å². The highest BCUT2D eigenvalue weighted by Crippen LogP contribution is 2.17. The summed E-state index contributed by atoms with van der Waals surface area (Å²) in [6.07, 6.45) is 1.41. The highest BCUT2D eigenvalue weighted by atomic mass is 19.2. The molecule has 1 heterocycles. The van der Waals surface area contributed by atoms with Gasteiger partial charge in [-0.1, -0.05) is 6.07 Å². The van der Waals surface area contributed by atoms with Gasteiger partial charge in [-0.15, -0.1) is 0 Å². The van der Waals surface area contributed by atoms with Crippen molar-refractivity contribution in [2.45, 2.75) is 32.4 Å². The number of rotatable bonds is 5. The van der Waals surface area contributed by atoms with Crippen molar-refractivity contribution in [1.82, 2.24) is 9.97 Å². The van der Waals surface area contributed by atoms with E-state index in [9.17, 15) is 18.7 Å². The summed E-state index contributed by atoms with van der Waals surface area (Å²) in [5.74, 6) is -1.87. The Morgan fingerprint density at radius 3 is 2.64 bits per heavy atom. The first-order chi connectivity index (χ1) is 11.7. The summed E-state index contributed by atoms with van der Waals surface area (Å²) >= 11 is 0. The lowest BCUT2D eigenvalue weighted by molar-refractivity contribution is 0.0646. The zero-order valence-electron chi connectivity index (χ0n) is 14.0. The van der Waals surface area contributed by atoms with Crippen LogP contribution in [0.25, 0.3) is 0 Å². The number of carbonyl (C=O) groups is 1. The van der Waals surface area contributed by atoms with Crippen LogP contribution in [0.15, 0.2) is 30.5 Å². The third-order valence-corrected chi connectivity index (χ3v) is 3.50. The molecule has 9 heteroatoms. The lowest BCUT2D eigenvalue weighted by atomic mass is 10.0. The van der Waals surface area contributed by atoms with E-state index in [4.69, 9.17) is 0 Å². The van der Waals surface area contributed by atoms with Crippen LogP contribution in [0.1, 0.15) is 20.8 Å². The van der Waals surface area contributed by atoms with E-state index >= 15 is 0 Å². The van der Waals surface area contributed by atoms with Crippen molar-refractivity contribution in [2.75, 3.05) is 16.0 Å². The van der Waals surface area contributed by atoms with E-state index in [1.165, 1.54) is 24.4 Å². The van der Waals surface area contributed by atoms with Crippen LogP contribution in [-0.2, 0) is 0 Å². The first-order valence-corrected chi connectivity index (χ1v) is 7.51. The molecule has 7 nitrogen and oxygen atoms in total. The van der Waals surface area contributed by atoms with Crippen LogP contribution in [0.5, 0.6) is 0 Å². The predicted octanol–water partition coefficient (Wildman–Crippen LogP) is 2.97. The number of aromatic nitrogens is 2. The summed E-state index contributed by atoms with van der Waals surface area (Å²) in [5, 5.41) is 17.4. The maximum Gasteiger partial charge on any atom is 0.324 e. The molecule has 0 aliphatic heterocycles. The molecule has 2 rings (SSSR count). The molecule has 2 aromatic rings. The molecule has 0 unspecified atom stereocenters. The van der Waals surface area contributed by atoms with Crippen LogP contribution in [-0.4, -0.2) is 32.7 Å². The van der Waals surface area contributed by atoms with Gasteiger partial charge in [0.15, 0.2) is 11.6 Å². The van der Waals surface area contributed by atoms with Gasteiger partial charge < -0.3 is 15.7 Å². The number of aliphatic hydroxyl groups is 1. The van der Waals surface area contributed by atoms with E-state index < -0.39 is 23.3 Å². The molecule has 0 saturated heterocycles. The molecule has 0 bridgehead atoms. The molecule has 0 fully saturated rings. The predicted molar refractivity (Wildman–Crippen MR) is 90.4 cm³/mol. The number of anilines is 3. The molecule has 2 amide bonds. The van der Waals surface area contributed by atoms with Gasteiger partial charge in [0, 0.05) is 6.20 Å². The molecule has 134 valence electrons. The van der Waals surface area contributed by atoms with Gasteiger partial charge in [-0.2, -0.15) is 4.98 Å². The number of amides is 2. The quantitative estimate of drug-likeness (QED) is 0.664. The smallest absolute Gasteiger partial charge is 0.324 e. The Morgan fingerprint density at radius 1 is 1.24 bits per heavy atom. The molecular formula is C16H19F2N5O2. The van der Waals surface area contributed by atoms with E-state index in [-0.39, 0.29) is 23.5 Å². The molecule has 25 heavy (non-hydrogen) atoms. The second kappa shape index (κ2) is 7.39. The number of nitrogens with zero attached hydrogens (tertiary/aromatic N) is 2. The third-order valence-electron chi connectivity index (χ3n) is 3.50. The maximum absolute atomic E-state index is 13.5. The van der Waals surface area contributed by atoms with E-state index in [0.717, 1.165) is 6.07 Å². The number of halogens is 2. The molecule has 0 saturated carbocycles. The average Bonchev–Trinajstić information content (AvgIpc) is 2.51. The summed E-state index contributed by atoms with van der Waals surface area (Å²) < 4.78 is 26.7. The van der Waals surface area contributed by atoms with Gasteiger partial charge in [0.05, 0.1) is 17.3 Å². The van der Waals surface area contributed by atoms with Crippen LogP contribution in [0.4, 0.5) is 31.0 Å². The Bertz CT molecular complexity index is 764. The fourth-order valence-corrected chi connectivity index (χ4v) is 1.74. The number of urea groups is 1. The minimum absolute atomic E-state index is 0.148. The second-order valence-electron chi connectivity index (χ2n) is 5.97. The number of hydrogen-bond acceptors (Lipinski definition) is 5. The highest BCUT2D eigenvalue weighted by Gasteiger charge is 2.22. The minimum Gasteiger partial charge on any atom is -0.388 e. The van der Waals surface area contributed by atoms with Crippen molar-refractivity contribution < 1.29 is 18.7 Å². The lowest BCUT2D eigenvalue weighted by Gasteiger charge is -2.26. The van der Waals surface area contributed by atoms with Crippen LogP contribution < -0.4 is 16.0 Å². The standard InChI is InChI=1S/C16H19F2N5O2/c1-9(16(2,3)25)20-14-19-8-7-12(22-14)23-15(24)21-11-6-4-5-10(17)13(11)18/h4-9,25H,1-3H3,(H3,19,20,21,22,23,24)/t9-/m0/s1. The minimum atomic E-state index is -1.15. The van der Waals surface area contributed by atoms with Gasteiger partial charge in [0.1, 0.15) is 5.82 Å². The zero-order valence-corrected chi connectivity index (χ0v) is 14.0. The number of nitrogens with one attached hydrogen (secondary N) is 3. The van der Waals surface area contributed by atoms with E-state index in [2.05, 4.69) is 25.9 Å². The van der Waals surface area contributed by atoms with Gasteiger partial charge in [-0.05, 0) is 39.0 Å². The Labute approximate surface area is 143 Å². The third kappa shape index (κ3) is 5.08. The van der Waals surface area contributed by atoms with Crippen molar-refractivity contribution in [3.05, 3.63) is 42.1 Å². The van der Waals surface area contributed by atoms with Crippen LogP contribution >= 0.6 is 0 Å². The fourth-order valence-electron chi connectivity index (χ4n) is 1.74. The van der Waals surface area contributed by atoms with Crippen molar-refractivity contribution in [2.24, 2.45) is 0 Å². The molecule has 1 atom stereocenters. The Morgan fingerprint density at radius 2 is 1.96 bits per heavy atom. The number of hydrogen-bond donors (Lipinski definition) is 4. The molecule has 0 aliphatic carbocycles. The van der Waals surface area contributed by atoms with Crippen molar-refractivity contribution in [3.63, 3.8) is 0 Å². The van der Waals surface area contributed by atoms with E-state index in [1.807, 2.05) is 0 Å². The summed E-state index contributed by atoms with van der Waals surface area (Å²) in [4.78, 5) is 20.0. The summed E-state index contributed by atoms with van der Waals surface area (Å²) in [6, 6.07) is 3.75. The summed E-state index contributed by atoms with van der Waals surface area (Å²) in [6.45, 7) is 5.02. The fraction of sp³-hybridized carbons (Fsp3) is 0.312. The molecule has 1 aromatic heterocycles. The SMILES string of the molecule is C[C@H](Nc1nccc(NC(=O)Nc2cccc(F)c2F)n1)C(C)(C)O. The Hall–Kier alpha value is -2.81. The topological polar surface area (TPSA) is 99.2 Å². The summed E-state index contributed by atoms with van der Waals surface area (Å²) in [5.41, 5.74) is -1.29. The van der Waals surface area contributed by atoms with E-state index in [0.29, 0.717) is 0 Å². The molecular weight excluding hydrogens is 332 g/mol. The van der Waals surface area contributed by atoms with Crippen molar-refractivity contribution in [3.8, 4) is 0 Å². The first kappa shape index (κ1) is 18.5. The normalized spacial score (nSPS) is 12.4. The van der Waals surface area contributed by atoms with Crippen molar-refractivity contribution in [1.29, 1.82) is 0 Å². The van der Waals surface area contributed by atoms with Crippen LogP contribution in [0.3, 0.4) is 0 Å². The van der Waals surface area contributed by atoms with Gasteiger partial charge in [0.25, 0.3) is 0 Å². The van der Waals surface area contributed by atoms with Gasteiger partial charge >= 0.3 is 6.03 Å². The number of carbonyl (C=O) groups excluding carboxylic acids is 1. The van der Waals surface area contributed by atoms with Crippen molar-refractivity contribution >= 4 is 23.5 Å².